The van der Waals surface area contributed by atoms with Crippen LogP contribution in [0.2, 0.25) is 0 Å². The molecule has 3 nitrogen and oxygen atoms in total. The van der Waals surface area contributed by atoms with E-state index < -0.39 is 23.5 Å². The minimum atomic E-state index is -5.84. The fourth-order valence-electron chi connectivity index (χ4n) is 2.31. The Hall–Kier alpha value is -0.0200. The van der Waals surface area contributed by atoms with Crippen molar-refractivity contribution in [2.75, 3.05) is 0 Å². The van der Waals surface area contributed by atoms with Crippen LogP contribution in [0.4, 0.5) is 13.2 Å². The van der Waals surface area contributed by atoms with Gasteiger partial charge in [-0.15, -0.1) is 0 Å². The van der Waals surface area contributed by atoms with E-state index in [9.17, 15) is 13.2 Å². The topological polar surface area (TPSA) is 54.4 Å². The molecule has 3 rings (SSSR count). The SMILES string of the molecule is Ic1cc(I)c(P(c2ccccc2)c2ccccc2)c(I)c1.O=S(=O)(O)C(F)(F)F. The molecule has 0 radical (unpaired) electrons. The molecule has 3 aromatic carbocycles. The van der Waals surface area contributed by atoms with Gasteiger partial charge in [-0.1, -0.05) is 60.7 Å². The Morgan fingerprint density at radius 1 is 0.767 bits per heavy atom. The molecule has 0 atom stereocenters. The summed E-state index contributed by atoms with van der Waals surface area (Å²) in [7, 11) is -6.36. The lowest BCUT2D eigenvalue weighted by Crippen LogP contribution is -2.24. The van der Waals surface area contributed by atoms with E-state index in [0.29, 0.717) is 0 Å². The van der Waals surface area contributed by atoms with Crippen molar-refractivity contribution in [2.24, 2.45) is 0 Å². The summed E-state index contributed by atoms with van der Waals surface area (Å²) in [6.07, 6.45) is 0. The Morgan fingerprint density at radius 2 is 1.10 bits per heavy atom. The van der Waals surface area contributed by atoms with Gasteiger partial charge in [-0.05, 0) is 98.4 Å². The number of benzene rings is 3. The van der Waals surface area contributed by atoms with E-state index in [4.69, 9.17) is 13.0 Å². The Kier molecular flexibility index (Phi) is 9.81. The molecule has 0 amide bonds. The molecule has 11 heteroatoms. The molecule has 0 saturated carbocycles. The minimum absolute atomic E-state index is 0.518. The van der Waals surface area contributed by atoms with Crippen molar-refractivity contribution in [1.29, 1.82) is 0 Å². The van der Waals surface area contributed by atoms with E-state index in [1.807, 2.05) is 0 Å². The van der Waals surface area contributed by atoms with Gasteiger partial charge in [-0.2, -0.15) is 21.6 Å². The molecule has 1 N–H and O–H groups in total. The molecule has 0 bridgehead atoms. The molecular formula is C19H13F3I3O3PS. The van der Waals surface area contributed by atoms with Crippen LogP contribution in [0.15, 0.2) is 72.8 Å². The van der Waals surface area contributed by atoms with Gasteiger partial charge in [0.15, 0.2) is 0 Å². The van der Waals surface area contributed by atoms with Gasteiger partial charge >= 0.3 is 15.6 Å². The van der Waals surface area contributed by atoms with Crippen LogP contribution in [0.5, 0.6) is 0 Å². The highest BCUT2D eigenvalue weighted by molar-refractivity contribution is 14.1. The smallest absolute Gasteiger partial charge is 0.279 e. The quantitative estimate of drug-likeness (QED) is 0.162. The minimum Gasteiger partial charge on any atom is -0.279 e. The monoisotopic (exact) mass is 790 g/mol. The zero-order valence-electron chi connectivity index (χ0n) is 14.8. The van der Waals surface area contributed by atoms with Crippen LogP contribution in [0, 0.1) is 10.7 Å². The van der Waals surface area contributed by atoms with Gasteiger partial charge in [-0.3, -0.25) is 4.55 Å². The van der Waals surface area contributed by atoms with Crippen LogP contribution in [0.1, 0.15) is 0 Å². The molecule has 0 heterocycles. The number of hydrogen-bond donors (Lipinski definition) is 1. The van der Waals surface area contributed by atoms with Crippen molar-refractivity contribution in [1.82, 2.24) is 0 Å². The first-order chi connectivity index (χ1) is 13.9. The normalized spacial score (nSPS) is 11.7. The maximum Gasteiger partial charge on any atom is 0.522 e. The summed E-state index contributed by atoms with van der Waals surface area (Å²) < 4.78 is 61.5. The largest absolute Gasteiger partial charge is 0.522 e. The molecule has 0 unspecified atom stereocenters. The van der Waals surface area contributed by atoms with Crippen molar-refractivity contribution in [2.45, 2.75) is 5.51 Å². The number of halogens is 6. The summed E-state index contributed by atoms with van der Waals surface area (Å²) in [6.45, 7) is 0. The standard InChI is InChI=1S/C18H12I3P.CHF3O3S/c19-13-11-16(20)18(17(21)12-13)22(14-7-3-1-4-8-14)15-9-5-2-6-10-15;2-1(3,4)8(5,6)7/h1-12H;(H,5,6,7). The van der Waals surface area contributed by atoms with Crippen molar-refractivity contribution in [3.05, 3.63) is 83.5 Å². The summed E-state index contributed by atoms with van der Waals surface area (Å²) in [6, 6.07) is 26.3. The van der Waals surface area contributed by atoms with Crippen molar-refractivity contribution >= 4 is 102 Å². The number of alkyl halides is 3. The fraction of sp³-hybridized carbons (Fsp3) is 0.0526. The van der Waals surface area contributed by atoms with Gasteiger partial charge in [0.25, 0.3) is 0 Å². The van der Waals surface area contributed by atoms with Gasteiger partial charge in [0.1, 0.15) is 0 Å². The van der Waals surface area contributed by atoms with E-state index in [1.165, 1.54) is 26.6 Å². The van der Waals surface area contributed by atoms with E-state index in [0.717, 1.165) is 0 Å². The highest BCUT2D eigenvalue weighted by Crippen LogP contribution is 2.37. The lowest BCUT2D eigenvalue weighted by Gasteiger charge is -2.22. The number of rotatable bonds is 3. The second-order valence-electron chi connectivity index (χ2n) is 5.65. The van der Waals surface area contributed by atoms with Crippen LogP contribution in [0.25, 0.3) is 0 Å². The average Bonchev–Trinajstić information content (AvgIpc) is 2.65. The number of hydrogen-bond acceptors (Lipinski definition) is 2. The van der Waals surface area contributed by atoms with Crippen LogP contribution >= 0.6 is 75.7 Å². The van der Waals surface area contributed by atoms with Gasteiger partial charge in [0, 0.05) is 16.0 Å². The third kappa shape index (κ3) is 7.26. The first kappa shape index (κ1) is 26.2. The molecule has 30 heavy (non-hydrogen) atoms. The van der Waals surface area contributed by atoms with Gasteiger partial charge in [0.2, 0.25) is 0 Å². The van der Waals surface area contributed by atoms with Crippen molar-refractivity contribution in [3.63, 3.8) is 0 Å². The summed E-state index contributed by atoms with van der Waals surface area (Å²) in [5, 5.41) is 4.27. The van der Waals surface area contributed by atoms with Crippen LogP contribution < -0.4 is 15.9 Å². The van der Waals surface area contributed by atoms with Gasteiger partial charge in [0.05, 0.1) is 0 Å². The average molecular weight is 790 g/mol. The molecule has 3 aromatic rings. The summed E-state index contributed by atoms with van der Waals surface area (Å²) >= 11 is 7.37. The third-order valence-corrected chi connectivity index (χ3v) is 9.85. The van der Waals surface area contributed by atoms with Crippen molar-refractivity contribution < 1.29 is 26.1 Å². The Morgan fingerprint density at radius 3 is 1.40 bits per heavy atom. The fourth-order valence-corrected chi connectivity index (χ4v) is 9.65. The van der Waals surface area contributed by atoms with Crippen molar-refractivity contribution in [3.8, 4) is 0 Å². The highest BCUT2D eigenvalue weighted by atomic mass is 127. The second kappa shape index (κ2) is 11.2. The molecule has 0 spiro atoms. The summed E-state index contributed by atoms with van der Waals surface area (Å²) in [5.74, 6) is 0. The lowest BCUT2D eigenvalue weighted by molar-refractivity contribution is -0.0510. The molecule has 0 aromatic heterocycles. The highest BCUT2D eigenvalue weighted by Gasteiger charge is 2.44. The third-order valence-electron chi connectivity index (χ3n) is 3.53. The van der Waals surface area contributed by atoms with E-state index in [-0.39, 0.29) is 0 Å². The zero-order chi connectivity index (χ0) is 22.5. The molecule has 0 saturated heterocycles. The maximum atomic E-state index is 10.7. The van der Waals surface area contributed by atoms with E-state index >= 15 is 0 Å². The van der Waals surface area contributed by atoms with Gasteiger partial charge < -0.3 is 0 Å². The molecule has 0 fully saturated rings. The first-order valence-electron chi connectivity index (χ1n) is 8.00. The Labute approximate surface area is 214 Å². The second-order valence-corrected chi connectivity index (χ2v) is 12.8. The molecular weight excluding hydrogens is 777 g/mol. The van der Waals surface area contributed by atoms with Crippen LogP contribution in [-0.4, -0.2) is 18.5 Å². The first-order valence-corrected chi connectivity index (χ1v) is 14.0. The Bertz CT molecular complexity index is 1030. The zero-order valence-corrected chi connectivity index (χ0v) is 23.0. The molecule has 0 aliphatic rings. The van der Waals surface area contributed by atoms with Crippen LogP contribution in [-0.2, 0) is 10.1 Å². The predicted octanol–water partition coefficient (Wildman–Crippen LogP) is 5.65. The summed E-state index contributed by atoms with van der Waals surface area (Å²) in [5.41, 5.74) is -5.53. The van der Waals surface area contributed by atoms with E-state index in [2.05, 4.69) is 141 Å². The predicted molar refractivity (Wildman–Crippen MR) is 141 cm³/mol. The molecule has 0 aliphatic heterocycles. The maximum absolute atomic E-state index is 10.7. The molecule has 160 valence electrons. The van der Waals surface area contributed by atoms with Gasteiger partial charge in [-0.25, -0.2) is 0 Å². The van der Waals surface area contributed by atoms with Crippen LogP contribution in [0.3, 0.4) is 0 Å². The van der Waals surface area contributed by atoms with E-state index in [1.54, 1.807) is 0 Å². The lowest BCUT2D eigenvalue weighted by atomic mass is 10.4. The molecule has 0 aliphatic carbocycles. The summed E-state index contributed by atoms with van der Waals surface area (Å²) in [4.78, 5) is 0. The Balaban J connectivity index is 0.000000343.